The van der Waals surface area contributed by atoms with Crippen molar-refractivity contribution in [3.8, 4) is 23.6 Å². The lowest BCUT2D eigenvalue weighted by Gasteiger charge is -2.24. The fourth-order valence-electron chi connectivity index (χ4n) is 2.44. The number of nitriles is 2. The SMILES string of the molecule is COc1cc(C2C(C#N)=C(N)SC(N)=C2C#N)ccc1OC(C)C. The molecule has 0 bridgehead atoms. The van der Waals surface area contributed by atoms with Gasteiger partial charge in [-0.1, -0.05) is 17.8 Å². The third-order valence-electron chi connectivity index (χ3n) is 3.45. The first-order valence-corrected chi connectivity index (χ1v) is 8.06. The van der Waals surface area contributed by atoms with Crippen molar-refractivity contribution >= 4 is 11.8 Å². The Morgan fingerprint density at radius 2 is 1.67 bits per heavy atom. The molecule has 6 nitrogen and oxygen atoms in total. The maximum absolute atomic E-state index is 9.46. The minimum Gasteiger partial charge on any atom is -0.493 e. The molecule has 0 aliphatic carbocycles. The Morgan fingerprint density at radius 3 is 2.12 bits per heavy atom. The number of hydrogen-bond donors (Lipinski definition) is 2. The molecule has 1 aromatic rings. The largest absolute Gasteiger partial charge is 0.493 e. The second-order valence-electron chi connectivity index (χ2n) is 5.39. The van der Waals surface area contributed by atoms with Crippen LogP contribution in [0.2, 0.25) is 0 Å². The van der Waals surface area contributed by atoms with Gasteiger partial charge in [-0.15, -0.1) is 0 Å². The molecule has 1 aromatic carbocycles. The Morgan fingerprint density at radius 1 is 1.08 bits per heavy atom. The van der Waals surface area contributed by atoms with E-state index in [9.17, 15) is 10.5 Å². The van der Waals surface area contributed by atoms with Gasteiger partial charge in [0, 0.05) is 0 Å². The molecule has 0 saturated heterocycles. The highest BCUT2D eigenvalue weighted by Gasteiger charge is 2.31. The Bertz CT molecular complexity index is 764. The van der Waals surface area contributed by atoms with Crippen LogP contribution in [0.5, 0.6) is 11.5 Å². The summed E-state index contributed by atoms with van der Waals surface area (Å²) in [6, 6.07) is 9.47. The van der Waals surface area contributed by atoms with Crippen LogP contribution in [0.25, 0.3) is 0 Å². The van der Waals surface area contributed by atoms with Gasteiger partial charge in [-0.3, -0.25) is 0 Å². The Kier molecular flexibility index (Phi) is 5.28. The summed E-state index contributed by atoms with van der Waals surface area (Å²) >= 11 is 1.04. The number of methoxy groups -OCH3 is 1. The van der Waals surface area contributed by atoms with Crippen molar-refractivity contribution in [1.29, 1.82) is 10.5 Å². The van der Waals surface area contributed by atoms with Crippen LogP contribution in [0.1, 0.15) is 25.3 Å². The Balaban J connectivity index is 2.58. The van der Waals surface area contributed by atoms with Crippen LogP contribution in [0, 0.1) is 22.7 Å². The van der Waals surface area contributed by atoms with Crippen molar-refractivity contribution < 1.29 is 9.47 Å². The van der Waals surface area contributed by atoms with Crippen LogP contribution in [-0.2, 0) is 0 Å². The smallest absolute Gasteiger partial charge is 0.161 e. The molecule has 124 valence electrons. The lowest BCUT2D eigenvalue weighted by molar-refractivity contribution is 0.230. The molecule has 1 heterocycles. The van der Waals surface area contributed by atoms with Crippen molar-refractivity contribution in [2.45, 2.75) is 25.9 Å². The predicted octanol–water partition coefficient (Wildman–Crippen LogP) is 2.70. The van der Waals surface area contributed by atoms with E-state index in [1.54, 1.807) is 18.2 Å². The monoisotopic (exact) mass is 342 g/mol. The number of ether oxygens (including phenoxy) is 2. The van der Waals surface area contributed by atoms with Crippen LogP contribution < -0.4 is 20.9 Å². The van der Waals surface area contributed by atoms with Crippen molar-refractivity contribution in [2.24, 2.45) is 11.5 Å². The third-order valence-corrected chi connectivity index (χ3v) is 4.33. The van der Waals surface area contributed by atoms with Gasteiger partial charge in [0.1, 0.15) is 0 Å². The van der Waals surface area contributed by atoms with E-state index >= 15 is 0 Å². The molecule has 0 amide bonds. The fourth-order valence-corrected chi connectivity index (χ4v) is 3.23. The van der Waals surface area contributed by atoms with Crippen molar-refractivity contribution in [2.75, 3.05) is 7.11 Å². The molecule has 2 rings (SSSR count). The molecular weight excluding hydrogens is 324 g/mol. The number of allylic oxidation sites excluding steroid dienone is 2. The van der Waals surface area contributed by atoms with Gasteiger partial charge in [-0.05, 0) is 31.5 Å². The van der Waals surface area contributed by atoms with Gasteiger partial charge in [0.15, 0.2) is 11.5 Å². The van der Waals surface area contributed by atoms with E-state index in [2.05, 4.69) is 12.1 Å². The molecule has 1 aliphatic rings. The summed E-state index contributed by atoms with van der Waals surface area (Å²) in [5.74, 6) is 0.502. The highest BCUT2D eigenvalue weighted by molar-refractivity contribution is 8.06. The van der Waals surface area contributed by atoms with Crippen molar-refractivity contribution in [3.05, 3.63) is 45.0 Å². The zero-order chi connectivity index (χ0) is 17.9. The van der Waals surface area contributed by atoms with Gasteiger partial charge in [-0.2, -0.15) is 10.5 Å². The van der Waals surface area contributed by atoms with E-state index in [1.165, 1.54) is 7.11 Å². The number of hydrogen-bond acceptors (Lipinski definition) is 7. The molecule has 0 fully saturated rings. The molecule has 4 N–H and O–H groups in total. The number of thioether (sulfide) groups is 1. The molecule has 0 aromatic heterocycles. The lowest BCUT2D eigenvalue weighted by atomic mass is 9.85. The van der Waals surface area contributed by atoms with Crippen LogP contribution in [-0.4, -0.2) is 13.2 Å². The lowest BCUT2D eigenvalue weighted by Crippen LogP contribution is -2.18. The van der Waals surface area contributed by atoms with Gasteiger partial charge in [0.05, 0.1) is 52.5 Å². The van der Waals surface area contributed by atoms with Crippen LogP contribution in [0.3, 0.4) is 0 Å². The second-order valence-corrected chi connectivity index (χ2v) is 6.48. The van der Waals surface area contributed by atoms with Gasteiger partial charge >= 0.3 is 0 Å². The van der Waals surface area contributed by atoms with E-state index in [0.717, 1.165) is 11.8 Å². The molecule has 1 aliphatic heterocycles. The molecule has 7 heteroatoms. The van der Waals surface area contributed by atoms with E-state index < -0.39 is 5.92 Å². The summed E-state index contributed by atoms with van der Waals surface area (Å²) in [5, 5.41) is 19.5. The summed E-state index contributed by atoms with van der Waals surface area (Å²) in [5.41, 5.74) is 13.2. The average Bonchev–Trinajstić information content (AvgIpc) is 2.54. The van der Waals surface area contributed by atoms with E-state index in [-0.39, 0.29) is 6.10 Å². The van der Waals surface area contributed by atoms with Gasteiger partial charge in [0.25, 0.3) is 0 Å². The summed E-state index contributed by atoms with van der Waals surface area (Å²) in [6.45, 7) is 3.83. The fraction of sp³-hybridized carbons (Fsp3) is 0.294. The summed E-state index contributed by atoms with van der Waals surface area (Å²) < 4.78 is 11.1. The average molecular weight is 342 g/mol. The molecule has 0 radical (unpaired) electrons. The van der Waals surface area contributed by atoms with Gasteiger partial charge in [-0.25, -0.2) is 0 Å². The molecule has 0 saturated carbocycles. The zero-order valence-electron chi connectivity index (χ0n) is 13.7. The van der Waals surface area contributed by atoms with E-state index in [4.69, 9.17) is 20.9 Å². The minimum absolute atomic E-state index is 0.00810. The van der Waals surface area contributed by atoms with Crippen molar-refractivity contribution in [1.82, 2.24) is 0 Å². The minimum atomic E-state index is -0.608. The van der Waals surface area contributed by atoms with Gasteiger partial charge in [0.2, 0.25) is 0 Å². The second kappa shape index (κ2) is 7.20. The van der Waals surface area contributed by atoms with Crippen LogP contribution in [0.4, 0.5) is 0 Å². The summed E-state index contributed by atoms with van der Waals surface area (Å²) in [6.07, 6.45) is -0.00810. The van der Waals surface area contributed by atoms with Crippen LogP contribution >= 0.6 is 11.8 Å². The first-order chi connectivity index (χ1) is 11.4. The Hall–Kier alpha value is -2.77. The zero-order valence-corrected chi connectivity index (χ0v) is 14.5. The molecule has 0 unspecified atom stereocenters. The molecule has 24 heavy (non-hydrogen) atoms. The Labute approximate surface area is 145 Å². The molecule has 0 atom stereocenters. The predicted molar refractivity (Wildman–Crippen MR) is 92.7 cm³/mol. The third kappa shape index (κ3) is 3.27. The maximum Gasteiger partial charge on any atom is 0.161 e. The summed E-state index contributed by atoms with van der Waals surface area (Å²) in [4.78, 5) is 0. The maximum atomic E-state index is 9.46. The number of benzene rings is 1. The van der Waals surface area contributed by atoms with E-state index in [0.29, 0.717) is 38.3 Å². The van der Waals surface area contributed by atoms with Gasteiger partial charge < -0.3 is 20.9 Å². The highest BCUT2D eigenvalue weighted by atomic mass is 32.2. The first kappa shape index (κ1) is 17.6. The molecular formula is C17H18N4O2S. The molecule has 0 spiro atoms. The topological polar surface area (TPSA) is 118 Å². The number of nitrogens with zero attached hydrogens (tertiary/aromatic N) is 2. The summed E-state index contributed by atoms with van der Waals surface area (Å²) in [7, 11) is 1.54. The normalized spacial score (nSPS) is 15.2. The number of rotatable bonds is 4. The first-order valence-electron chi connectivity index (χ1n) is 7.24. The van der Waals surface area contributed by atoms with E-state index in [1.807, 2.05) is 13.8 Å². The van der Waals surface area contributed by atoms with Crippen LogP contribution in [0.15, 0.2) is 39.4 Å². The quantitative estimate of drug-likeness (QED) is 0.863. The highest BCUT2D eigenvalue weighted by Crippen LogP contribution is 2.44. The number of nitrogens with two attached hydrogens (primary N) is 2. The van der Waals surface area contributed by atoms with Crippen molar-refractivity contribution in [3.63, 3.8) is 0 Å². The standard InChI is InChI=1S/C17H18N4O2S/c1-9(2)23-13-5-4-10(6-14(13)22-3)15-11(7-18)16(20)24-17(21)12(15)8-19/h4-6,9,15H,20-21H2,1-3H3.